The van der Waals surface area contributed by atoms with Crippen molar-refractivity contribution in [1.29, 1.82) is 0 Å². The molecule has 1 aromatic carbocycles. The van der Waals surface area contributed by atoms with E-state index in [2.05, 4.69) is 5.32 Å². The third kappa shape index (κ3) is 0.891. The van der Waals surface area contributed by atoms with Gasteiger partial charge in [0.05, 0.1) is 17.1 Å². The van der Waals surface area contributed by atoms with Crippen molar-refractivity contribution in [3.05, 3.63) is 24.3 Å². The number of hydrogen-bond acceptors (Lipinski definition) is 3. The van der Waals surface area contributed by atoms with E-state index in [-0.39, 0.29) is 11.4 Å². The molecule has 1 fully saturated rings. The Morgan fingerprint density at radius 3 is 3.23 bits per heavy atom. The van der Waals surface area contributed by atoms with Crippen LogP contribution < -0.4 is 10.2 Å². The fourth-order valence-corrected chi connectivity index (χ4v) is 2.76. The first kappa shape index (κ1) is 7.26. The molecule has 0 aliphatic carbocycles. The molecular weight excluding hydrogens is 184 g/mol. The molecule has 0 unspecified atom stereocenters. The summed E-state index contributed by atoms with van der Waals surface area (Å²) in [6, 6.07) is 7.91. The summed E-state index contributed by atoms with van der Waals surface area (Å²) < 4.78 is 0. The van der Waals surface area contributed by atoms with Crippen molar-refractivity contribution in [3.63, 3.8) is 0 Å². The van der Waals surface area contributed by atoms with Gasteiger partial charge >= 0.3 is 0 Å². The number of thioether (sulfide) groups is 1. The Bertz CT molecular complexity index is 380. The highest BCUT2D eigenvalue weighted by atomic mass is 32.2. The first-order valence-electron chi connectivity index (χ1n) is 4.15. The number of amides is 1. The lowest BCUT2D eigenvalue weighted by Crippen LogP contribution is -2.31. The number of nitrogens with one attached hydrogen (secondary N) is 1. The maximum Gasteiger partial charge on any atom is 0.239 e. The fraction of sp³-hybridized carbons (Fsp3) is 0.222. The van der Waals surface area contributed by atoms with Crippen molar-refractivity contribution < 1.29 is 4.79 Å². The number of carbonyl (C=O) groups is 1. The zero-order valence-electron chi connectivity index (χ0n) is 6.86. The topological polar surface area (TPSA) is 32.3 Å². The van der Waals surface area contributed by atoms with Crippen molar-refractivity contribution >= 4 is 29.0 Å². The lowest BCUT2D eigenvalue weighted by Gasteiger charge is -2.13. The summed E-state index contributed by atoms with van der Waals surface area (Å²) in [6.07, 6.45) is 0. The lowest BCUT2D eigenvalue weighted by molar-refractivity contribution is -0.115. The van der Waals surface area contributed by atoms with E-state index >= 15 is 0 Å². The molecule has 66 valence electrons. The molecular formula is C9H8N2OS. The minimum Gasteiger partial charge on any atom is -0.355 e. The molecule has 1 atom stereocenters. The molecule has 0 radical (unpaired) electrons. The van der Waals surface area contributed by atoms with Gasteiger partial charge in [0, 0.05) is 0 Å². The average molecular weight is 192 g/mol. The molecule has 0 aromatic heterocycles. The quantitative estimate of drug-likeness (QED) is 0.675. The van der Waals surface area contributed by atoms with Crippen molar-refractivity contribution in [2.24, 2.45) is 0 Å². The van der Waals surface area contributed by atoms with Gasteiger partial charge in [-0.15, -0.1) is 11.8 Å². The van der Waals surface area contributed by atoms with Gasteiger partial charge in [0.2, 0.25) is 5.91 Å². The van der Waals surface area contributed by atoms with Gasteiger partial charge in [-0.1, -0.05) is 12.1 Å². The van der Waals surface area contributed by atoms with Gasteiger partial charge in [-0.25, -0.2) is 0 Å². The Balaban J connectivity index is 2.13. The molecule has 1 N–H and O–H groups in total. The minimum absolute atomic E-state index is 0.130. The van der Waals surface area contributed by atoms with Crippen LogP contribution >= 0.6 is 11.8 Å². The van der Waals surface area contributed by atoms with Crippen LogP contribution in [0.3, 0.4) is 0 Å². The largest absolute Gasteiger partial charge is 0.355 e. The van der Waals surface area contributed by atoms with Gasteiger partial charge in [-0.3, -0.25) is 9.69 Å². The second-order valence-corrected chi connectivity index (χ2v) is 4.16. The van der Waals surface area contributed by atoms with E-state index in [1.54, 1.807) is 11.8 Å². The second kappa shape index (κ2) is 2.42. The number of para-hydroxylation sites is 2. The molecule has 1 aromatic rings. The van der Waals surface area contributed by atoms with Crippen molar-refractivity contribution in [1.82, 2.24) is 0 Å². The summed E-state index contributed by atoms with van der Waals surface area (Å²) in [6.45, 7) is 0. The monoisotopic (exact) mass is 192 g/mol. The molecule has 0 bridgehead atoms. The molecule has 3 nitrogen and oxygen atoms in total. The van der Waals surface area contributed by atoms with Crippen LogP contribution in [0.2, 0.25) is 0 Å². The van der Waals surface area contributed by atoms with Crippen LogP contribution in [0.15, 0.2) is 24.3 Å². The summed E-state index contributed by atoms with van der Waals surface area (Å²) in [4.78, 5) is 13.3. The summed E-state index contributed by atoms with van der Waals surface area (Å²) >= 11 is 1.64. The molecule has 13 heavy (non-hydrogen) atoms. The van der Waals surface area contributed by atoms with E-state index in [0.717, 1.165) is 11.4 Å². The van der Waals surface area contributed by atoms with E-state index < -0.39 is 0 Å². The van der Waals surface area contributed by atoms with Crippen LogP contribution in [-0.2, 0) is 4.79 Å². The number of anilines is 2. The Hall–Kier alpha value is -1.16. The summed E-state index contributed by atoms with van der Waals surface area (Å²) in [5.74, 6) is 0.791. The second-order valence-electron chi connectivity index (χ2n) is 3.09. The van der Waals surface area contributed by atoms with Gasteiger partial charge in [0.25, 0.3) is 0 Å². The van der Waals surface area contributed by atoms with Crippen molar-refractivity contribution in [3.8, 4) is 0 Å². The number of rotatable bonds is 0. The number of benzene rings is 1. The Morgan fingerprint density at radius 2 is 2.31 bits per heavy atom. The maximum absolute atomic E-state index is 11.5. The molecule has 0 saturated carbocycles. The number of nitrogens with zero attached hydrogens (tertiary/aromatic N) is 1. The molecule has 4 heteroatoms. The Morgan fingerprint density at radius 1 is 1.46 bits per heavy atom. The molecule has 1 saturated heterocycles. The molecule has 1 amide bonds. The molecule has 0 spiro atoms. The third-order valence-electron chi connectivity index (χ3n) is 2.31. The van der Waals surface area contributed by atoms with Gasteiger partial charge < -0.3 is 5.32 Å². The number of carbonyl (C=O) groups excluding carboxylic acids is 1. The summed E-state index contributed by atoms with van der Waals surface area (Å²) in [5, 5.41) is 3.29. The van der Waals surface area contributed by atoms with Crippen LogP contribution in [0.25, 0.3) is 0 Å². The predicted molar refractivity (Wildman–Crippen MR) is 53.8 cm³/mol. The van der Waals surface area contributed by atoms with Crippen molar-refractivity contribution in [2.75, 3.05) is 16.0 Å². The molecule has 2 aliphatic rings. The van der Waals surface area contributed by atoms with Gasteiger partial charge in [0.1, 0.15) is 0 Å². The maximum atomic E-state index is 11.5. The molecule has 2 heterocycles. The first-order chi connectivity index (χ1) is 6.36. The summed E-state index contributed by atoms with van der Waals surface area (Å²) in [5.41, 5.74) is 2.21. The van der Waals surface area contributed by atoms with Gasteiger partial charge in [-0.05, 0) is 12.1 Å². The zero-order valence-corrected chi connectivity index (χ0v) is 7.67. The van der Waals surface area contributed by atoms with E-state index in [9.17, 15) is 4.79 Å². The lowest BCUT2D eigenvalue weighted by atomic mass is 10.3. The van der Waals surface area contributed by atoms with Gasteiger partial charge in [-0.2, -0.15) is 0 Å². The highest BCUT2D eigenvalue weighted by Crippen LogP contribution is 2.41. The zero-order chi connectivity index (χ0) is 8.84. The smallest absolute Gasteiger partial charge is 0.239 e. The van der Waals surface area contributed by atoms with E-state index in [4.69, 9.17) is 0 Å². The Kier molecular flexibility index (Phi) is 1.35. The van der Waals surface area contributed by atoms with Crippen LogP contribution in [0, 0.1) is 0 Å². The number of hydrogen-bond donors (Lipinski definition) is 1. The van der Waals surface area contributed by atoms with Crippen LogP contribution in [0.4, 0.5) is 11.4 Å². The van der Waals surface area contributed by atoms with Crippen LogP contribution in [0.1, 0.15) is 0 Å². The predicted octanol–water partition coefficient (Wildman–Crippen LogP) is 1.48. The van der Waals surface area contributed by atoms with Crippen LogP contribution in [-0.4, -0.2) is 17.2 Å². The standard InChI is InChI=1S/C9H8N2OS/c12-8-5-13-9-10-6-3-1-2-4-7(6)11(8)9/h1-4,9-10H,5H2/t9-/m1/s1. The minimum atomic E-state index is 0.130. The average Bonchev–Trinajstić information content (AvgIpc) is 2.66. The van der Waals surface area contributed by atoms with Crippen LogP contribution in [0.5, 0.6) is 0 Å². The van der Waals surface area contributed by atoms with E-state index in [0.29, 0.717) is 5.75 Å². The molecule has 2 aliphatic heterocycles. The third-order valence-corrected chi connectivity index (χ3v) is 3.37. The highest BCUT2D eigenvalue weighted by molar-refractivity contribution is 8.01. The number of fused-ring (bicyclic) bond motifs is 3. The summed E-state index contributed by atoms with van der Waals surface area (Å²) in [7, 11) is 0. The highest BCUT2D eigenvalue weighted by Gasteiger charge is 2.38. The van der Waals surface area contributed by atoms with E-state index in [1.807, 2.05) is 29.2 Å². The van der Waals surface area contributed by atoms with Crippen molar-refractivity contribution in [2.45, 2.75) is 5.50 Å². The molecule has 3 rings (SSSR count). The first-order valence-corrected chi connectivity index (χ1v) is 5.20. The SMILES string of the molecule is O=C1CS[C@@H]2Nc3ccccc3N12. The van der Waals surface area contributed by atoms with Gasteiger partial charge in [0.15, 0.2) is 5.50 Å². The Labute approximate surface area is 80.1 Å². The van der Waals surface area contributed by atoms with E-state index in [1.165, 1.54) is 0 Å². The fourth-order valence-electron chi connectivity index (χ4n) is 1.73. The normalized spacial score (nSPS) is 24.2.